The smallest absolute Gasteiger partial charge is 0.193 e. The van der Waals surface area contributed by atoms with E-state index in [1.807, 2.05) is 24.3 Å². The molecule has 1 aliphatic carbocycles. The van der Waals surface area contributed by atoms with Gasteiger partial charge in [0.05, 0.1) is 19.8 Å². The first kappa shape index (κ1) is 21.4. The number of nitrogens with zero attached hydrogens (tertiary/aromatic N) is 1. The maximum Gasteiger partial charge on any atom is 0.193 e. The Labute approximate surface area is 172 Å². The highest BCUT2D eigenvalue weighted by molar-refractivity contribution is 14.0. The molecule has 0 bridgehead atoms. The lowest BCUT2D eigenvalue weighted by molar-refractivity contribution is -0.174. The van der Waals surface area contributed by atoms with Crippen molar-refractivity contribution in [1.82, 2.24) is 0 Å². The van der Waals surface area contributed by atoms with Gasteiger partial charge in [0.2, 0.25) is 0 Å². The number of hydrogen-bond acceptors (Lipinski definition) is 4. The van der Waals surface area contributed by atoms with Crippen molar-refractivity contribution in [2.24, 2.45) is 10.7 Å². The zero-order valence-corrected chi connectivity index (χ0v) is 17.7. The monoisotopic (exact) mass is 475 g/mol. The molecule has 1 saturated carbocycles. The molecule has 0 amide bonds. The number of methoxy groups -OCH3 is 1. The molecule has 1 aromatic carbocycles. The van der Waals surface area contributed by atoms with Crippen molar-refractivity contribution in [2.45, 2.75) is 57.0 Å². The van der Waals surface area contributed by atoms with Crippen LogP contribution in [0.3, 0.4) is 0 Å². The number of anilines is 1. The summed E-state index contributed by atoms with van der Waals surface area (Å²) >= 11 is 0. The molecule has 1 spiro atoms. The average molecular weight is 475 g/mol. The highest BCUT2D eigenvalue weighted by atomic mass is 127. The third-order valence-electron chi connectivity index (χ3n) is 4.82. The molecule has 2 fully saturated rings. The van der Waals surface area contributed by atoms with Crippen LogP contribution in [0.5, 0.6) is 0 Å². The second-order valence-electron chi connectivity index (χ2n) is 6.82. The van der Waals surface area contributed by atoms with Gasteiger partial charge in [-0.25, -0.2) is 0 Å². The van der Waals surface area contributed by atoms with E-state index in [0.29, 0.717) is 25.7 Å². The van der Waals surface area contributed by atoms with Crippen molar-refractivity contribution in [2.75, 3.05) is 25.6 Å². The van der Waals surface area contributed by atoms with Crippen molar-refractivity contribution in [3.8, 4) is 0 Å². The fraction of sp³-hybridized carbons (Fsp3) is 0.632. The molecule has 3 rings (SSSR count). The molecule has 0 aromatic heterocycles. The standard InChI is InChI=1S/C19H29N3O3.HI/c1-23-13-15-8-4-5-9-17(15)22-18(20)21-12-16-14-24-19(25-16)10-6-2-3-7-11-19;/h4-5,8-9,16H,2-3,6-7,10-14H2,1H3,(H3,20,21,22);1H. The number of benzene rings is 1. The number of hydrogen-bond donors (Lipinski definition) is 2. The van der Waals surface area contributed by atoms with Crippen LogP contribution in [0, 0.1) is 0 Å². The van der Waals surface area contributed by atoms with Crippen LogP contribution in [0.2, 0.25) is 0 Å². The zero-order chi connectivity index (χ0) is 17.5. The third-order valence-corrected chi connectivity index (χ3v) is 4.82. The van der Waals surface area contributed by atoms with E-state index in [-0.39, 0.29) is 35.9 Å². The van der Waals surface area contributed by atoms with Crippen molar-refractivity contribution in [1.29, 1.82) is 0 Å². The Balaban J connectivity index is 0.00000243. The summed E-state index contributed by atoms with van der Waals surface area (Å²) in [5, 5.41) is 3.15. The summed E-state index contributed by atoms with van der Waals surface area (Å²) in [6.45, 7) is 1.63. The summed E-state index contributed by atoms with van der Waals surface area (Å²) in [4.78, 5) is 4.44. The molecule has 2 aliphatic rings. The third kappa shape index (κ3) is 5.80. The van der Waals surface area contributed by atoms with Gasteiger partial charge in [-0.2, -0.15) is 0 Å². The molecule has 6 nitrogen and oxygen atoms in total. The Bertz CT molecular complexity index is 589. The molecule has 3 N–H and O–H groups in total. The number of nitrogens with two attached hydrogens (primary N) is 1. The van der Waals surface area contributed by atoms with Gasteiger partial charge in [0, 0.05) is 31.2 Å². The Morgan fingerprint density at radius 1 is 1.27 bits per heavy atom. The first-order chi connectivity index (χ1) is 12.2. The quantitative estimate of drug-likeness (QED) is 0.386. The second kappa shape index (κ2) is 10.4. The van der Waals surface area contributed by atoms with E-state index in [4.69, 9.17) is 19.9 Å². The largest absolute Gasteiger partial charge is 0.380 e. The first-order valence-corrected chi connectivity index (χ1v) is 9.16. The molecule has 1 aromatic rings. The maximum absolute atomic E-state index is 6.20. The minimum Gasteiger partial charge on any atom is -0.380 e. The van der Waals surface area contributed by atoms with Gasteiger partial charge >= 0.3 is 0 Å². The second-order valence-corrected chi connectivity index (χ2v) is 6.82. The summed E-state index contributed by atoms with van der Waals surface area (Å²) in [7, 11) is 1.68. The summed E-state index contributed by atoms with van der Waals surface area (Å²) in [5.74, 6) is 0.0122. The molecule has 0 radical (unpaired) electrons. The van der Waals surface area contributed by atoms with Crippen LogP contribution < -0.4 is 11.1 Å². The van der Waals surface area contributed by atoms with E-state index in [1.165, 1.54) is 25.7 Å². The van der Waals surface area contributed by atoms with Crippen LogP contribution in [-0.2, 0) is 20.8 Å². The number of para-hydroxylation sites is 1. The van der Waals surface area contributed by atoms with Crippen LogP contribution in [0.15, 0.2) is 29.3 Å². The maximum atomic E-state index is 6.20. The van der Waals surface area contributed by atoms with Gasteiger partial charge in [-0.3, -0.25) is 4.99 Å². The molecule has 1 saturated heterocycles. The van der Waals surface area contributed by atoms with Crippen LogP contribution in [0.25, 0.3) is 0 Å². The van der Waals surface area contributed by atoms with Crippen molar-refractivity contribution >= 4 is 35.6 Å². The van der Waals surface area contributed by atoms with E-state index < -0.39 is 0 Å². The van der Waals surface area contributed by atoms with Crippen molar-refractivity contribution in [3.05, 3.63) is 29.8 Å². The molecule has 1 aliphatic heterocycles. The number of nitrogens with one attached hydrogen (secondary N) is 1. The molecule has 26 heavy (non-hydrogen) atoms. The zero-order valence-electron chi connectivity index (χ0n) is 15.4. The van der Waals surface area contributed by atoms with E-state index >= 15 is 0 Å². The molecular weight excluding hydrogens is 445 g/mol. The van der Waals surface area contributed by atoms with Crippen LogP contribution in [-0.4, -0.2) is 38.1 Å². The molecule has 1 unspecified atom stereocenters. The van der Waals surface area contributed by atoms with Crippen LogP contribution in [0.1, 0.15) is 44.1 Å². The van der Waals surface area contributed by atoms with Gasteiger partial charge < -0.3 is 25.3 Å². The lowest BCUT2D eigenvalue weighted by Crippen LogP contribution is -2.31. The normalized spacial score (nSPS) is 22.7. The minimum atomic E-state index is -0.371. The van der Waals surface area contributed by atoms with Gasteiger partial charge in [0.1, 0.15) is 6.10 Å². The fourth-order valence-electron chi connectivity index (χ4n) is 3.54. The predicted molar refractivity (Wildman–Crippen MR) is 114 cm³/mol. The highest BCUT2D eigenvalue weighted by Gasteiger charge is 2.41. The molecule has 1 heterocycles. The lowest BCUT2D eigenvalue weighted by atomic mass is 10.1. The Kier molecular flexibility index (Phi) is 8.59. The van der Waals surface area contributed by atoms with E-state index in [0.717, 1.165) is 24.1 Å². The molecular formula is C19H30IN3O3. The van der Waals surface area contributed by atoms with Gasteiger partial charge in [-0.05, 0) is 18.9 Å². The SMILES string of the molecule is COCc1ccccc1NC(N)=NCC1COC2(CCCCCC2)O1.I. The van der Waals surface area contributed by atoms with Gasteiger partial charge in [-0.1, -0.05) is 31.0 Å². The Hall–Kier alpha value is -0.900. The van der Waals surface area contributed by atoms with E-state index in [1.54, 1.807) is 7.11 Å². The van der Waals surface area contributed by atoms with E-state index in [9.17, 15) is 0 Å². The summed E-state index contributed by atoms with van der Waals surface area (Å²) < 4.78 is 17.4. The Morgan fingerprint density at radius 2 is 2.00 bits per heavy atom. The number of halogens is 1. The predicted octanol–water partition coefficient (Wildman–Crippen LogP) is 3.64. The van der Waals surface area contributed by atoms with Gasteiger partial charge in [0.15, 0.2) is 11.7 Å². The molecule has 1 atom stereocenters. The van der Waals surface area contributed by atoms with E-state index in [2.05, 4.69) is 10.3 Å². The van der Waals surface area contributed by atoms with Crippen LogP contribution in [0.4, 0.5) is 5.69 Å². The molecule has 146 valence electrons. The number of guanidine groups is 1. The Morgan fingerprint density at radius 3 is 2.73 bits per heavy atom. The average Bonchev–Trinajstić information content (AvgIpc) is 2.86. The van der Waals surface area contributed by atoms with Crippen molar-refractivity contribution < 1.29 is 14.2 Å². The summed E-state index contributed by atoms with van der Waals surface area (Å²) in [5.41, 5.74) is 8.00. The first-order valence-electron chi connectivity index (χ1n) is 9.16. The number of aliphatic imine (C=N–C) groups is 1. The number of rotatable bonds is 5. The lowest BCUT2D eigenvalue weighted by Gasteiger charge is -2.26. The van der Waals surface area contributed by atoms with Gasteiger partial charge in [0.25, 0.3) is 0 Å². The summed E-state index contributed by atoms with van der Waals surface area (Å²) in [6.07, 6.45) is 6.86. The minimum absolute atomic E-state index is 0. The van der Waals surface area contributed by atoms with Gasteiger partial charge in [-0.15, -0.1) is 24.0 Å². The fourth-order valence-corrected chi connectivity index (χ4v) is 3.54. The highest BCUT2D eigenvalue weighted by Crippen LogP contribution is 2.36. The van der Waals surface area contributed by atoms with Crippen molar-refractivity contribution in [3.63, 3.8) is 0 Å². The number of ether oxygens (including phenoxy) is 3. The molecule has 7 heteroatoms. The topological polar surface area (TPSA) is 78.1 Å². The van der Waals surface area contributed by atoms with Crippen LogP contribution >= 0.6 is 24.0 Å². The summed E-state index contributed by atoms with van der Waals surface area (Å²) in [6, 6.07) is 7.90.